The molecule has 8 rings (SSSR count). The maximum absolute atomic E-state index is 6.47. The molecule has 0 aromatic heterocycles. The number of rotatable bonds is 8. The molecule has 0 radical (unpaired) electrons. The maximum atomic E-state index is 6.47. The summed E-state index contributed by atoms with van der Waals surface area (Å²) in [6.45, 7) is 3.88. The summed E-state index contributed by atoms with van der Waals surface area (Å²) < 4.78 is 12.9. The van der Waals surface area contributed by atoms with Gasteiger partial charge in [-0.2, -0.15) is 0 Å². The largest absolute Gasteiger partial charge is 0.454 e. The monoisotopic (exact) mass is 648 g/mol. The van der Waals surface area contributed by atoms with E-state index in [1.54, 1.807) is 0 Å². The molecule has 0 bridgehead atoms. The van der Waals surface area contributed by atoms with Crippen molar-refractivity contribution in [2.24, 2.45) is 0 Å². The Morgan fingerprint density at radius 1 is 0.340 bits per heavy atom. The zero-order chi connectivity index (χ0) is 33.9. The summed E-state index contributed by atoms with van der Waals surface area (Å²) in [5.41, 5.74) is 10.5. The van der Waals surface area contributed by atoms with E-state index in [2.05, 4.69) is 192 Å². The highest BCUT2D eigenvalue weighted by molar-refractivity contribution is 5.98. The summed E-state index contributed by atoms with van der Waals surface area (Å²) in [6, 6.07) is 63.6. The fraction of sp³-hybridized carbons (Fsp3) is 0.0435. The van der Waals surface area contributed by atoms with Gasteiger partial charge in [-0.3, -0.25) is 0 Å². The quantitative estimate of drug-likeness (QED) is 0.164. The number of anilines is 6. The van der Waals surface area contributed by atoms with Crippen molar-refractivity contribution in [2.75, 3.05) is 9.80 Å². The highest BCUT2D eigenvalue weighted by atomic mass is 16.6. The maximum Gasteiger partial charge on any atom is 0.171 e. The van der Waals surface area contributed by atoms with Gasteiger partial charge in [0.1, 0.15) is 11.5 Å². The van der Waals surface area contributed by atoms with E-state index in [0.29, 0.717) is 11.5 Å². The first-order chi connectivity index (χ1) is 24.7. The molecule has 0 unspecified atom stereocenters. The normalized spacial score (nSPS) is 12.0. The van der Waals surface area contributed by atoms with Gasteiger partial charge in [0.15, 0.2) is 11.5 Å². The lowest BCUT2D eigenvalue weighted by molar-refractivity contribution is 0.297. The number of benzene rings is 7. The Kier molecular flexibility index (Phi) is 8.34. The van der Waals surface area contributed by atoms with Crippen molar-refractivity contribution < 1.29 is 9.47 Å². The van der Waals surface area contributed by atoms with Gasteiger partial charge >= 0.3 is 0 Å². The van der Waals surface area contributed by atoms with Crippen LogP contribution in [-0.2, 0) is 0 Å². The molecule has 0 amide bonds. The first-order valence-electron chi connectivity index (χ1n) is 16.9. The van der Waals surface area contributed by atoms with Gasteiger partial charge in [-0.25, -0.2) is 0 Å². The third-order valence-electron chi connectivity index (χ3n) is 9.03. The van der Waals surface area contributed by atoms with Gasteiger partial charge in [-0.15, -0.1) is 0 Å². The van der Waals surface area contributed by atoms with Crippen LogP contribution < -0.4 is 19.3 Å². The zero-order valence-electron chi connectivity index (χ0n) is 28.0. The Hall–Kier alpha value is -6.52. The minimum absolute atomic E-state index is 0.661. The predicted molar refractivity (Wildman–Crippen MR) is 206 cm³/mol. The Morgan fingerprint density at radius 2 is 0.660 bits per heavy atom. The summed E-state index contributed by atoms with van der Waals surface area (Å²) in [5.74, 6) is 2.80. The molecule has 4 heteroatoms. The van der Waals surface area contributed by atoms with Gasteiger partial charge < -0.3 is 19.3 Å². The molecule has 50 heavy (non-hydrogen) atoms. The van der Waals surface area contributed by atoms with E-state index in [0.717, 1.165) is 67.9 Å². The van der Waals surface area contributed by atoms with Crippen LogP contribution in [-0.4, -0.2) is 0 Å². The summed E-state index contributed by atoms with van der Waals surface area (Å²) in [5, 5.41) is 0. The van der Waals surface area contributed by atoms with E-state index in [9.17, 15) is 0 Å². The fourth-order valence-electron chi connectivity index (χ4n) is 6.56. The molecule has 7 aromatic rings. The van der Waals surface area contributed by atoms with Crippen molar-refractivity contribution in [3.8, 4) is 33.8 Å². The molecule has 1 aliphatic rings. The number of hydrogen-bond donors (Lipinski definition) is 0. The molecule has 0 saturated carbocycles. The second-order valence-electron chi connectivity index (χ2n) is 12.2. The Bertz CT molecular complexity index is 2120. The van der Waals surface area contributed by atoms with Crippen molar-refractivity contribution in [3.63, 3.8) is 0 Å². The molecule has 0 N–H and O–H groups in total. The van der Waals surface area contributed by atoms with Gasteiger partial charge in [-0.05, 0) is 61.4 Å². The molecule has 1 aliphatic heterocycles. The number of para-hydroxylation sites is 4. The molecular weight excluding hydrogens is 613 g/mol. The van der Waals surface area contributed by atoms with E-state index in [1.165, 1.54) is 0 Å². The molecule has 0 fully saturated rings. The highest BCUT2D eigenvalue weighted by Gasteiger charge is 2.29. The molecule has 0 spiro atoms. The SMILES string of the molecule is CC1=C(C)Oc2cc(N(c3ccccc3)c3ccccc3-c3ccccc3)c(N(c3ccccc3)c3ccccc3-c3ccccc3)cc2O1. The third-order valence-corrected chi connectivity index (χ3v) is 9.03. The second kappa shape index (κ2) is 13.5. The van der Waals surface area contributed by atoms with Crippen LogP contribution in [0, 0.1) is 0 Å². The molecular formula is C46H36N2O2. The zero-order valence-corrected chi connectivity index (χ0v) is 28.0. The Labute approximate surface area is 293 Å². The Balaban J connectivity index is 1.46. The molecule has 7 aromatic carbocycles. The highest BCUT2D eigenvalue weighted by Crippen LogP contribution is 2.53. The van der Waals surface area contributed by atoms with Crippen LogP contribution in [0.15, 0.2) is 194 Å². The van der Waals surface area contributed by atoms with Crippen molar-refractivity contribution >= 4 is 34.1 Å². The minimum atomic E-state index is 0.661. The fourth-order valence-corrected chi connectivity index (χ4v) is 6.56. The van der Waals surface area contributed by atoms with Gasteiger partial charge in [0.2, 0.25) is 0 Å². The van der Waals surface area contributed by atoms with Crippen molar-refractivity contribution in [1.29, 1.82) is 0 Å². The number of nitrogens with zero attached hydrogens (tertiary/aromatic N) is 2. The van der Waals surface area contributed by atoms with Crippen LogP contribution in [0.5, 0.6) is 11.5 Å². The first-order valence-corrected chi connectivity index (χ1v) is 16.9. The van der Waals surface area contributed by atoms with Gasteiger partial charge in [-0.1, -0.05) is 133 Å². The standard InChI is InChI=1S/C46H36N2O2/c1-33-34(2)50-46-32-44(48(38-25-13-6-14-26-38)42-30-18-16-28-40(42)36-21-9-4-10-22-36)43(31-45(46)49-33)47(37-23-11-5-12-24-37)41-29-17-15-27-39(41)35-19-7-3-8-20-35/h3-32H,1-2H3. The van der Waals surface area contributed by atoms with Crippen LogP contribution in [0.4, 0.5) is 34.1 Å². The smallest absolute Gasteiger partial charge is 0.171 e. The van der Waals surface area contributed by atoms with Crippen LogP contribution in [0.2, 0.25) is 0 Å². The Morgan fingerprint density at radius 3 is 1.04 bits per heavy atom. The third kappa shape index (κ3) is 5.88. The molecule has 0 saturated heterocycles. The van der Waals surface area contributed by atoms with Gasteiger partial charge in [0, 0.05) is 34.6 Å². The topological polar surface area (TPSA) is 24.9 Å². The van der Waals surface area contributed by atoms with E-state index in [4.69, 9.17) is 9.47 Å². The first kappa shape index (κ1) is 30.8. The lowest BCUT2D eigenvalue weighted by atomic mass is 10.00. The van der Waals surface area contributed by atoms with E-state index < -0.39 is 0 Å². The lowest BCUT2D eigenvalue weighted by Crippen LogP contribution is -2.19. The number of fused-ring (bicyclic) bond motifs is 1. The summed E-state index contributed by atoms with van der Waals surface area (Å²) in [6.07, 6.45) is 0. The van der Waals surface area contributed by atoms with Gasteiger partial charge in [0.25, 0.3) is 0 Å². The van der Waals surface area contributed by atoms with Crippen LogP contribution in [0.3, 0.4) is 0 Å². The van der Waals surface area contributed by atoms with Crippen molar-refractivity contribution in [3.05, 3.63) is 194 Å². The lowest BCUT2D eigenvalue weighted by Gasteiger charge is -2.36. The molecule has 1 heterocycles. The predicted octanol–water partition coefficient (Wildman–Crippen LogP) is 13.0. The van der Waals surface area contributed by atoms with E-state index in [1.807, 2.05) is 13.8 Å². The second-order valence-corrected chi connectivity index (χ2v) is 12.2. The van der Waals surface area contributed by atoms with Crippen LogP contribution >= 0.6 is 0 Å². The minimum Gasteiger partial charge on any atom is -0.454 e. The molecule has 4 nitrogen and oxygen atoms in total. The van der Waals surface area contributed by atoms with Gasteiger partial charge in [0.05, 0.1) is 22.7 Å². The molecule has 242 valence electrons. The van der Waals surface area contributed by atoms with Crippen LogP contribution in [0.1, 0.15) is 13.8 Å². The van der Waals surface area contributed by atoms with Crippen molar-refractivity contribution in [1.82, 2.24) is 0 Å². The average molecular weight is 649 g/mol. The number of allylic oxidation sites excluding steroid dienone is 2. The summed E-state index contributed by atoms with van der Waals surface area (Å²) in [4.78, 5) is 4.67. The number of ether oxygens (including phenoxy) is 2. The molecule has 0 aliphatic carbocycles. The van der Waals surface area contributed by atoms with E-state index >= 15 is 0 Å². The van der Waals surface area contributed by atoms with E-state index in [-0.39, 0.29) is 0 Å². The molecule has 0 atom stereocenters. The van der Waals surface area contributed by atoms with Crippen molar-refractivity contribution in [2.45, 2.75) is 13.8 Å². The average Bonchev–Trinajstić information content (AvgIpc) is 3.18. The van der Waals surface area contributed by atoms with Crippen LogP contribution in [0.25, 0.3) is 22.3 Å². The summed E-state index contributed by atoms with van der Waals surface area (Å²) >= 11 is 0. The number of hydrogen-bond acceptors (Lipinski definition) is 4. The summed E-state index contributed by atoms with van der Waals surface area (Å²) in [7, 11) is 0.